The van der Waals surface area contributed by atoms with Crippen LogP contribution < -0.4 is 4.90 Å². The molecule has 0 atom stereocenters. The van der Waals surface area contributed by atoms with Crippen molar-refractivity contribution in [2.24, 2.45) is 0 Å². The molecule has 1 aromatic rings. The molecule has 1 aliphatic rings. The number of hydrogen-bond acceptors (Lipinski definition) is 3. The van der Waals surface area contributed by atoms with Gasteiger partial charge in [0.1, 0.15) is 13.2 Å². The molecule has 0 aromatic heterocycles. The highest BCUT2D eigenvalue weighted by Crippen LogP contribution is 2.21. The Balaban J connectivity index is 2.02. The molecule has 1 aliphatic heterocycles. The molecular weight excluding hydrogens is 318 g/mol. The van der Waals surface area contributed by atoms with E-state index in [0.29, 0.717) is 23.7 Å². The monoisotopic (exact) mass is 337 g/mol. The van der Waals surface area contributed by atoms with E-state index in [1.807, 2.05) is 6.92 Å². The Morgan fingerprint density at radius 1 is 1.22 bits per heavy atom. The van der Waals surface area contributed by atoms with Gasteiger partial charge in [-0.1, -0.05) is 18.5 Å². The standard InChI is InChI=1S/C16H20ClN3O3/c1-3-14(21)18(4-2)9-15(22)19-10-16(23)20(11-19)13-7-5-12(17)6-8-13/h5-8H,3-4,9-11H2,1-2H3. The number of amides is 3. The molecular formula is C16H20ClN3O3. The minimum absolute atomic E-state index is 0.00487. The minimum atomic E-state index is -0.224. The highest BCUT2D eigenvalue weighted by molar-refractivity contribution is 6.30. The lowest BCUT2D eigenvalue weighted by Gasteiger charge is -2.23. The Bertz CT molecular complexity index is 603. The van der Waals surface area contributed by atoms with Crippen LogP contribution in [0.5, 0.6) is 0 Å². The third kappa shape index (κ3) is 4.01. The summed E-state index contributed by atoms with van der Waals surface area (Å²) in [6.45, 7) is 4.29. The molecule has 0 aliphatic carbocycles. The third-order valence-electron chi connectivity index (χ3n) is 3.79. The molecule has 0 radical (unpaired) electrons. The highest BCUT2D eigenvalue weighted by atomic mass is 35.5. The lowest BCUT2D eigenvalue weighted by atomic mass is 10.3. The second kappa shape index (κ2) is 7.46. The molecule has 1 saturated heterocycles. The van der Waals surface area contributed by atoms with Crippen LogP contribution in [0.15, 0.2) is 24.3 Å². The van der Waals surface area contributed by atoms with E-state index in [2.05, 4.69) is 0 Å². The first kappa shape index (κ1) is 17.3. The van der Waals surface area contributed by atoms with Crippen molar-refractivity contribution in [1.29, 1.82) is 0 Å². The number of benzene rings is 1. The fraction of sp³-hybridized carbons (Fsp3) is 0.438. The summed E-state index contributed by atoms with van der Waals surface area (Å²) in [4.78, 5) is 40.7. The summed E-state index contributed by atoms with van der Waals surface area (Å²) in [6, 6.07) is 6.89. The first-order valence-corrected chi connectivity index (χ1v) is 7.95. The van der Waals surface area contributed by atoms with E-state index in [4.69, 9.17) is 11.6 Å². The van der Waals surface area contributed by atoms with E-state index in [-0.39, 0.29) is 37.5 Å². The van der Waals surface area contributed by atoms with Crippen molar-refractivity contribution in [1.82, 2.24) is 9.80 Å². The molecule has 23 heavy (non-hydrogen) atoms. The van der Waals surface area contributed by atoms with Gasteiger partial charge < -0.3 is 9.80 Å². The fourth-order valence-electron chi connectivity index (χ4n) is 2.43. The maximum Gasteiger partial charge on any atom is 0.248 e. The van der Waals surface area contributed by atoms with Crippen molar-refractivity contribution >= 4 is 35.0 Å². The lowest BCUT2D eigenvalue weighted by Crippen LogP contribution is -2.42. The van der Waals surface area contributed by atoms with Gasteiger partial charge in [-0.2, -0.15) is 0 Å². The molecule has 1 heterocycles. The zero-order chi connectivity index (χ0) is 17.0. The predicted octanol–water partition coefficient (Wildman–Crippen LogP) is 1.73. The molecule has 1 fully saturated rings. The summed E-state index contributed by atoms with van der Waals surface area (Å²) in [5.41, 5.74) is 0.701. The van der Waals surface area contributed by atoms with Crippen molar-refractivity contribution in [2.75, 3.05) is 31.2 Å². The molecule has 124 valence electrons. The molecule has 0 spiro atoms. The van der Waals surface area contributed by atoms with E-state index in [0.717, 1.165) is 0 Å². The van der Waals surface area contributed by atoms with Gasteiger partial charge in [0.05, 0.1) is 6.54 Å². The van der Waals surface area contributed by atoms with Crippen LogP contribution in [0.4, 0.5) is 5.69 Å². The highest BCUT2D eigenvalue weighted by Gasteiger charge is 2.32. The molecule has 6 nitrogen and oxygen atoms in total. The smallest absolute Gasteiger partial charge is 0.248 e. The average molecular weight is 338 g/mol. The van der Waals surface area contributed by atoms with Gasteiger partial charge in [0.25, 0.3) is 0 Å². The third-order valence-corrected chi connectivity index (χ3v) is 4.05. The van der Waals surface area contributed by atoms with Gasteiger partial charge in [-0.25, -0.2) is 0 Å². The van der Waals surface area contributed by atoms with E-state index in [1.165, 1.54) is 14.7 Å². The van der Waals surface area contributed by atoms with Crippen molar-refractivity contribution < 1.29 is 14.4 Å². The molecule has 0 saturated carbocycles. The molecule has 7 heteroatoms. The van der Waals surface area contributed by atoms with Gasteiger partial charge in [0.15, 0.2) is 0 Å². The molecule has 0 N–H and O–H groups in total. The SMILES string of the molecule is CCC(=O)N(CC)CC(=O)N1CC(=O)N(c2ccc(Cl)cc2)C1. The summed E-state index contributed by atoms with van der Waals surface area (Å²) in [5.74, 6) is -0.440. The number of nitrogens with zero attached hydrogens (tertiary/aromatic N) is 3. The second-order valence-corrected chi connectivity index (χ2v) is 5.73. The molecule has 0 unspecified atom stereocenters. The zero-order valence-electron chi connectivity index (χ0n) is 13.3. The maximum atomic E-state index is 12.3. The first-order valence-electron chi connectivity index (χ1n) is 7.57. The Hall–Kier alpha value is -2.08. The summed E-state index contributed by atoms with van der Waals surface area (Å²) >= 11 is 5.85. The number of carbonyl (C=O) groups excluding carboxylic acids is 3. The van der Waals surface area contributed by atoms with E-state index in [9.17, 15) is 14.4 Å². The number of carbonyl (C=O) groups is 3. The van der Waals surface area contributed by atoms with Crippen LogP contribution in [0.2, 0.25) is 5.02 Å². The van der Waals surface area contributed by atoms with Gasteiger partial charge >= 0.3 is 0 Å². The van der Waals surface area contributed by atoms with Crippen molar-refractivity contribution in [3.8, 4) is 0 Å². The van der Waals surface area contributed by atoms with E-state index >= 15 is 0 Å². The Morgan fingerprint density at radius 2 is 1.87 bits per heavy atom. The van der Waals surface area contributed by atoms with E-state index < -0.39 is 0 Å². The van der Waals surface area contributed by atoms with Crippen molar-refractivity contribution in [2.45, 2.75) is 20.3 Å². The average Bonchev–Trinajstić information content (AvgIpc) is 2.94. The number of rotatable bonds is 5. The van der Waals surface area contributed by atoms with Crippen molar-refractivity contribution in [3.05, 3.63) is 29.3 Å². The minimum Gasteiger partial charge on any atom is -0.334 e. The largest absolute Gasteiger partial charge is 0.334 e. The molecule has 1 aromatic carbocycles. The van der Waals surface area contributed by atoms with Gasteiger partial charge in [-0.05, 0) is 31.2 Å². The van der Waals surface area contributed by atoms with Crippen LogP contribution in [-0.2, 0) is 14.4 Å². The van der Waals surface area contributed by atoms with Crippen LogP contribution in [0.1, 0.15) is 20.3 Å². The lowest BCUT2D eigenvalue weighted by molar-refractivity contribution is -0.139. The molecule has 3 amide bonds. The maximum absolute atomic E-state index is 12.3. The summed E-state index contributed by atoms with van der Waals surface area (Å²) in [7, 11) is 0. The van der Waals surface area contributed by atoms with Gasteiger partial charge in [-0.3, -0.25) is 19.3 Å². The first-order chi connectivity index (χ1) is 11.0. The number of halogens is 1. The Labute approximate surface area is 140 Å². The van der Waals surface area contributed by atoms with Gasteiger partial charge in [0.2, 0.25) is 17.7 Å². The summed E-state index contributed by atoms with van der Waals surface area (Å²) in [5, 5.41) is 0.588. The predicted molar refractivity (Wildman–Crippen MR) is 88.1 cm³/mol. The van der Waals surface area contributed by atoms with Crippen LogP contribution in [0, 0.1) is 0 Å². The summed E-state index contributed by atoms with van der Waals surface area (Å²) in [6.07, 6.45) is 0.358. The van der Waals surface area contributed by atoms with Gasteiger partial charge in [-0.15, -0.1) is 0 Å². The molecule has 0 bridgehead atoms. The summed E-state index contributed by atoms with van der Waals surface area (Å²) < 4.78 is 0. The van der Waals surface area contributed by atoms with Crippen LogP contribution in [0.3, 0.4) is 0 Å². The zero-order valence-corrected chi connectivity index (χ0v) is 14.0. The number of hydrogen-bond donors (Lipinski definition) is 0. The molecule has 2 rings (SSSR count). The normalized spacial score (nSPS) is 14.3. The number of likely N-dealkylation sites (N-methyl/N-ethyl adjacent to an activating group) is 1. The number of anilines is 1. The van der Waals surface area contributed by atoms with Crippen LogP contribution in [-0.4, -0.2) is 53.8 Å². The Morgan fingerprint density at radius 3 is 2.43 bits per heavy atom. The van der Waals surface area contributed by atoms with Crippen molar-refractivity contribution in [3.63, 3.8) is 0 Å². The fourth-order valence-corrected chi connectivity index (χ4v) is 2.55. The Kier molecular flexibility index (Phi) is 5.60. The second-order valence-electron chi connectivity index (χ2n) is 5.29. The quantitative estimate of drug-likeness (QED) is 0.822. The van der Waals surface area contributed by atoms with Crippen LogP contribution >= 0.6 is 11.6 Å². The topological polar surface area (TPSA) is 60.9 Å². The van der Waals surface area contributed by atoms with Crippen LogP contribution in [0.25, 0.3) is 0 Å². The van der Waals surface area contributed by atoms with Gasteiger partial charge in [0, 0.05) is 23.7 Å². The van der Waals surface area contributed by atoms with E-state index in [1.54, 1.807) is 31.2 Å².